The molecule has 0 aromatic carbocycles. The van der Waals surface area contributed by atoms with Gasteiger partial charge in [-0.15, -0.1) is 0 Å². The molecule has 7 nitrogen and oxygen atoms in total. The summed E-state index contributed by atoms with van der Waals surface area (Å²) in [7, 11) is 4.24. The Morgan fingerprint density at radius 1 is 0.824 bits per heavy atom. The normalized spacial score (nSPS) is 13.6. The van der Waals surface area contributed by atoms with Gasteiger partial charge in [-0.1, -0.05) is 90.4 Å². The van der Waals surface area contributed by atoms with E-state index in [2.05, 4.69) is 33.4 Å². The molecule has 0 aromatic rings. The summed E-state index contributed by atoms with van der Waals surface area (Å²) in [5.74, 6) is 0. The minimum atomic E-state index is -1.96. The lowest BCUT2D eigenvalue weighted by Crippen LogP contribution is -2.37. The number of unbranched alkanes of at least 4 members (excludes halogenated alkanes) is 13. The van der Waals surface area contributed by atoms with Crippen molar-refractivity contribution in [1.82, 2.24) is 5.32 Å². The van der Waals surface area contributed by atoms with Gasteiger partial charge in [-0.3, -0.25) is 0 Å². The smallest absolute Gasteiger partial charge is 0.407 e. The number of quaternary nitrogens is 1. The van der Waals surface area contributed by atoms with Gasteiger partial charge in [0.05, 0.1) is 27.7 Å². The number of ether oxygens (including phenoxy) is 1. The average Bonchev–Trinajstić information content (AvgIpc) is 2.76. The van der Waals surface area contributed by atoms with Crippen LogP contribution in [-0.2, 0) is 13.8 Å². The highest BCUT2D eigenvalue weighted by Crippen LogP contribution is 2.33. The molecular formula is C26H56N2O5P+. The number of rotatable bonds is 24. The zero-order valence-corrected chi connectivity index (χ0v) is 23.9. The number of nitrogens with one attached hydrogen (secondary N) is 1. The SMILES string of the molecule is CCCCCCCCCCCCCCCCC(COP(O)OCC[N+](C)(C)C)OC(=O)NCC. The molecule has 0 fully saturated rings. The second-order valence-corrected chi connectivity index (χ2v) is 11.3. The van der Waals surface area contributed by atoms with Gasteiger partial charge in [0.15, 0.2) is 0 Å². The fraction of sp³-hybridized carbons (Fsp3) is 0.962. The first-order valence-corrected chi connectivity index (χ1v) is 14.9. The standard InChI is InChI=1S/C26H55N2O5P/c1-6-8-9-10-11-12-13-14-15-16-17-18-19-20-21-25(33-26(29)27-7-2)24-32-34(30)31-23-22-28(3,4)5/h25,30H,6-24H2,1-5H3/p+1. The fourth-order valence-electron chi connectivity index (χ4n) is 3.66. The van der Waals surface area contributed by atoms with Gasteiger partial charge in [0.25, 0.3) is 0 Å². The summed E-state index contributed by atoms with van der Waals surface area (Å²) in [6, 6.07) is 0. The number of hydrogen-bond acceptors (Lipinski definition) is 5. The van der Waals surface area contributed by atoms with Crippen molar-refractivity contribution in [2.24, 2.45) is 0 Å². The van der Waals surface area contributed by atoms with Crippen LogP contribution in [0, 0.1) is 0 Å². The first-order valence-electron chi connectivity index (χ1n) is 13.8. The highest BCUT2D eigenvalue weighted by Gasteiger charge is 2.18. The molecule has 8 heteroatoms. The summed E-state index contributed by atoms with van der Waals surface area (Å²) >= 11 is 0. The van der Waals surface area contributed by atoms with Crippen LogP contribution in [0.15, 0.2) is 0 Å². The van der Waals surface area contributed by atoms with E-state index in [9.17, 15) is 9.69 Å². The molecule has 0 aliphatic heterocycles. The molecule has 204 valence electrons. The average molecular weight is 508 g/mol. The maximum Gasteiger partial charge on any atom is 0.407 e. The van der Waals surface area contributed by atoms with E-state index in [4.69, 9.17) is 13.8 Å². The van der Waals surface area contributed by atoms with Crippen molar-refractivity contribution in [1.29, 1.82) is 0 Å². The highest BCUT2D eigenvalue weighted by molar-refractivity contribution is 7.40. The Kier molecular flexibility index (Phi) is 22.7. The zero-order valence-electron chi connectivity index (χ0n) is 23.0. The van der Waals surface area contributed by atoms with Crippen LogP contribution in [0.1, 0.15) is 110 Å². The van der Waals surface area contributed by atoms with Gasteiger partial charge in [-0.25, -0.2) is 4.79 Å². The third-order valence-electron chi connectivity index (χ3n) is 5.81. The lowest BCUT2D eigenvalue weighted by molar-refractivity contribution is -0.870. The van der Waals surface area contributed by atoms with Crippen LogP contribution >= 0.6 is 8.60 Å². The molecule has 2 atom stereocenters. The quantitative estimate of drug-likeness (QED) is 0.0841. The summed E-state index contributed by atoms with van der Waals surface area (Å²) < 4.78 is 17.1. The van der Waals surface area contributed by atoms with Gasteiger partial charge in [0, 0.05) is 6.54 Å². The van der Waals surface area contributed by atoms with Crippen LogP contribution in [0.3, 0.4) is 0 Å². The van der Waals surface area contributed by atoms with Crippen molar-refractivity contribution in [2.45, 2.75) is 116 Å². The van der Waals surface area contributed by atoms with Gasteiger partial charge in [0.1, 0.15) is 19.3 Å². The van der Waals surface area contributed by atoms with Crippen molar-refractivity contribution in [3.05, 3.63) is 0 Å². The van der Waals surface area contributed by atoms with Gasteiger partial charge in [-0.05, 0) is 19.8 Å². The van der Waals surface area contributed by atoms with Crippen LogP contribution in [0.5, 0.6) is 0 Å². The molecule has 0 rings (SSSR count). The summed E-state index contributed by atoms with van der Waals surface area (Å²) in [5.41, 5.74) is 0. The van der Waals surface area contributed by atoms with Gasteiger partial charge in [0.2, 0.25) is 0 Å². The van der Waals surface area contributed by atoms with Crippen LogP contribution < -0.4 is 5.32 Å². The summed E-state index contributed by atoms with van der Waals surface area (Å²) in [6.07, 6.45) is 18.3. The van der Waals surface area contributed by atoms with Gasteiger partial charge in [-0.2, -0.15) is 0 Å². The second-order valence-electron chi connectivity index (χ2n) is 10.3. The molecule has 34 heavy (non-hydrogen) atoms. The molecule has 0 saturated heterocycles. The van der Waals surface area contributed by atoms with Crippen molar-refractivity contribution >= 4 is 14.7 Å². The fourth-order valence-corrected chi connectivity index (χ4v) is 4.26. The highest BCUT2D eigenvalue weighted by atomic mass is 31.2. The Balaban J connectivity index is 3.89. The molecule has 0 aliphatic rings. The number of alkyl carbamates (subject to hydrolysis) is 1. The van der Waals surface area contributed by atoms with E-state index in [1.165, 1.54) is 77.0 Å². The Bertz CT molecular complexity index is 463. The molecule has 1 amide bonds. The number of amides is 1. The summed E-state index contributed by atoms with van der Waals surface area (Å²) in [4.78, 5) is 21.8. The zero-order chi connectivity index (χ0) is 25.5. The largest absolute Gasteiger partial charge is 0.444 e. The minimum Gasteiger partial charge on any atom is -0.444 e. The Morgan fingerprint density at radius 2 is 1.32 bits per heavy atom. The number of likely N-dealkylation sites (N-methyl/N-ethyl adjacent to an activating group) is 1. The molecule has 0 aromatic heterocycles. The first kappa shape index (κ1) is 33.5. The van der Waals surface area contributed by atoms with E-state index in [0.717, 1.165) is 30.3 Å². The second kappa shape index (κ2) is 23.0. The van der Waals surface area contributed by atoms with E-state index in [0.29, 0.717) is 13.2 Å². The monoisotopic (exact) mass is 507 g/mol. The molecular weight excluding hydrogens is 451 g/mol. The first-order chi connectivity index (χ1) is 16.3. The number of carbonyl (C=O) groups excluding carboxylic acids is 1. The van der Waals surface area contributed by atoms with Crippen LogP contribution in [0.25, 0.3) is 0 Å². The van der Waals surface area contributed by atoms with E-state index < -0.39 is 14.7 Å². The lowest BCUT2D eigenvalue weighted by atomic mass is 10.0. The number of nitrogens with zero attached hydrogens (tertiary/aromatic N) is 1. The molecule has 0 radical (unpaired) electrons. The topological polar surface area (TPSA) is 77.0 Å². The van der Waals surface area contributed by atoms with Crippen LogP contribution in [-0.4, -0.2) is 69.0 Å². The third-order valence-corrected chi connectivity index (χ3v) is 6.58. The molecule has 2 unspecified atom stereocenters. The van der Waals surface area contributed by atoms with Crippen molar-refractivity contribution in [3.8, 4) is 0 Å². The molecule has 0 bridgehead atoms. The van der Waals surface area contributed by atoms with Crippen molar-refractivity contribution in [2.75, 3.05) is 47.4 Å². The van der Waals surface area contributed by atoms with E-state index in [1.54, 1.807) is 0 Å². The van der Waals surface area contributed by atoms with Crippen molar-refractivity contribution < 1.29 is 28.0 Å². The number of carbonyl (C=O) groups is 1. The summed E-state index contributed by atoms with van der Waals surface area (Å²) in [5, 5.41) is 2.66. The predicted octanol–water partition coefficient (Wildman–Crippen LogP) is 6.93. The van der Waals surface area contributed by atoms with Gasteiger partial charge >= 0.3 is 14.7 Å². The maximum absolute atomic E-state index is 11.8. The molecule has 0 spiro atoms. The molecule has 0 saturated carbocycles. The molecule has 0 aliphatic carbocycles. The Labute approximate surface area is 211 Å². The number of hydrogen-bond donors (Lipinski definition) is 2. The summed E-state index contributed by atoms with van der Waals surface area (Å²) in [6.45, 7) is 6.00. The molecule has 0 heterocycles. The van der Waals surface area contributed by atoms with Crippen LogP contribution in [0.2, 0.25) is 0 Å². The van der Waals surface area contributed by atoms with Crippen LogP contribution in [0.4, 0.5) is 4.79 Å². The maximum atomic E-state index is 11.8. The Morgan fingerprint density at radius 3 is 1.79 bits per heavy atom. The third kappa shape index (κ3) is 24.7. The Hall–Kier alpha value is -0.460. The minimum absolute atomic E-state index is 0.155. The predicted molar refractivity (Wildman–Crippen MR) is 143 cm³/mol. The van der Waals surface area contributed by atoms with E-state index >= 15 is 0 Å². The van der Waals surface area contributed by atoms with Gasteiger partial charge < -0.3 is 28.5 Å². The lowest BCUT2D eigenvalue weighted by Gasteiger charge is -2.24. The van der Waals surface area contributed by atoms with E-state index in [-0.39, 0.29) is 12.7 Å². The molecule has 2 N–H and O–H groups in total. The van der Waals surface area contributed by atoms with E-state index in [1.807, 2.05) is 6.92 Å². The van der Waals surface area contributed by atoms with Crippen molar-refractivity contribution in [3.63, 3.8) is 0 Å².